The molecule has 0 aromatic heterocycles. The lowest BCUT2D eigenvalue weighted by atomic mass is 9.88. The van der Waals surface area contributed by atoms with Gasteiger partial charge < -0.3 is 14.6 Å². The molecule has 0 saturated heterocycles. The van der Waals surface area contributed by atoms with Gasteiger partial charge >= 0.3 is 5.97 Å². The molecular formula is C15H30O4. The van der Waals surface area contributed by atoms with Crippen LogP contribution >= 0.6 is 0 Å². The van der Waals surface area contributed by atoms with E-state index in [9.17, 15) is 9.90 Å². The maximum Gasteiger partial charge on any atom is 0.311 e. The van der Waals surface area contributed by atoms with Gasteiger partial charge in [-0.2, -0.15) is 0 Å². The number of aliphatic hydroxyl groups is 1. The summed E-state index contributed by atoms with van der Waals surface area (Å²) >= 11 is 0. The Labute approximate surface area is 117 Å². The fourth-order valence-corrected chi connectivity index (χ4v) is 1.67. The third-order valence-electron chi connectivity index (χ3n) is 2.99. The maximum absolute atomic E-state index is 11.9. The molecule has 114 valence electrons. The van der Waals surface area contributed by atoms with Crippen molar-refractivity contribution in [2.24, 2.45) is 5.41 Å². The Kier molecular flexibility index (Phi) is 7.60. The minimum Gasteiger partial charge on any atom is -0.463 e. The summed E-state index contributed by atoms with van der Waals surface area (Å²) in [7, 11) is 0. The van der Waals surface area contributed by atoms with Crippen molar-refractivity contribution in [1.82, 2.24) is 0 Å². The van der Waals surface area contributed by atoms with E-state index in [4.69, 9.17) is 9.47 Å². The summed E-state index contributed by atoms with van der Waals surface area (Å²) in [5.41, 5.74) is -1.15. The van der Waals surface area contributed by atoms with E-state index in [-0.39, 0.29) is 18.7 Å². The second-order valence-electron chi connectivity index (χ2n) is 6.48. The normalized spacial score (nSPS) is 14.3. The molecule has 0 heterocycles. The lowest BCUT2D eigenvalue weighted by Gasteiger charge is -2.23. The number of hydrogen-bond donors (Lipinski definition) is 1. The van der Waals surface area contributed by atoms with Crippen LogP contribution in [0.4, 0.5) is 0 Å². The number of hydrogen-bond acceptors (Lipinski definition) is 4. The highest BCUT2D eigenvalue weighted by molar-refractivity contribution is 5.75. The zero-order valence-corrected chi connectivity index (χ0v) is 13.3. The standard InChI is InChI=1S/C15H30O4/c1-7-8-14(3,4)13(16)19-11-12(2)18-10-9-15(5,6)17/h12,17H,7-11H2,1-6H3. The fraction of sp³-hybridized carbons (Fsp3) is 0.933. The summed E-state index contributed by atoms with van der Waals surface area (Å²) in [6, 6.07) is 0. The van der Waals surface area contributed by atoms with Crippen LogP contribution in [-0.4, -0.2) is 36.0 Å². The lowest BCUT2D eigenvalue weighted by molar-refractivity contribution is -0.158. The predicted octanol–water partition coefficient (Wildman–Crippen LogP) is 2.92. The number of carbonyl (C=O) groups is 1. The first-order valence-corrected chi connectivity index (χ1v) is 7.09. The summed E-state index contributed by atoms with van der Waals surface area (Å²) in [4.78, 5) is 11.9. The number of carbonyl (C=O) groups excluding carboxylic acids is 1. The van der Waals surface area contributed by atoms with E-state index in [0.29, 0.717) is 13.0 Å². The van der Waals surface area contributed by atoms with Crippen LogP contribution in [0.15, 0.2) is 0 Å². The van der Waals surface area contributed by atoms with Crippen molar-refractivity contribution in [1.29, 1.82) is 0 Å². The van der Waals surface area contributed by atoms with Gasteiger partial charge in [-0.05, 0) is 47.5 Å². The van der Waals surface area contributed by atoms with E-state index in [1.54, 1.807) is 13.8 Å². The van der Waals surface area contributed by atoms with Crippen molar-refractivity contribution >= 4 is 5.97 Å². The van der Waals surface area contributed by atoms with E-state index in [2.05, 4.69) is 6.92 Å². The van der Waals surface area contributed by atoms with Crippen molar-refractivity contribution in [2.45, 2.75) is 72.5 Å². The number of ether oxygens (including phenoxy) is 2. The van der Waals surface area contributed by atoms with Gasteiger partial charge in [-0.1, -0.05) is 13.3 Å². The van der Waals surface area contributed by atoms with Gasteiger partial charge in [0.2, 0.25) is 0 Å². The Bertz CT molecular complexity index is 266. The molecule has 0 aliphatic heterocycles. The molecule has 1 unspecified atom stereocenters. The molecule has 1 atom stereocenters. The van der Waals surface area contributed by atoms with Gasteiger partial charge in [0.15, 0.2) is 0 Å². The van der Waals surface area contributed by atoms with Gasteiger partial charge in [-0.25, -0.2) is 0 Å². The van der Waals surface area contributed by atoms with E-state index in [0.717, 1.165) is 12.8 Å². The molecule has 0 aromatic carbocycles. The van der Waals surface area contributed by atoms with E-state index in [1.165, 1.54) is 0 Å². The molecule has 0 amide bonds. The molecule has 0 aliphatic rings. The topological polar surface area (TPSA) is 55.8 Å². The van der Waals surface area contributed by atoms with Gasteiger partial charge in [0.1, 0.15) is 6.61 Å². The van der Waals surface area contributed by atoms with Crippen LogP contribution in [0.25, 0.3) is 0 Å². The molecule has 4 heteroatoms. The molecular weight excluding hydrogens is 244 g/mol. The Morgan fingerprint density at radius 1 is 1.21 bits per heavy atom. The largest absolute Gasteiger partial charge is 0.463 e. The SMILES string of the molecule is CCCC(C)(C)C(=O)OCC(C)OCCC(C)(C)O. The highest BCUT2D eigenvalue weighted by atomic mass is 16.6. The Hall–Kier alpha value is -0.610. The molecule has 0 rings (SSSR count). The Morgan fingerprint density at radius 3 is 2.26 bits per heavy atom. The molecule has 0 saturated carbocycles. The first-order valence-electron chi connectivity index (χ1n) is 7.09. The second-order valence-corrected chi connectivity index (χ2v) is 6.48. The molecule has 4 nitrogen and oxygen atoms in total. The van der Waals surface area contributed by atoms with Gasteiger partial charge in [0.05, 0.1) is 17.1 Å². The third-order valence-corrected chi connectivity index (χ3v) is 2.99. The first kappa shape index (κ1) is 18.4. The Balaban J connectivity index is 3.90. The fourth-order valence-electron chi connectivity index (χ4n) is 1.67. The second kappa shape index (κ2) is 7.85. The molecule has 0 aromatic rings. The summed E-state index contributed by atoms with van der Waals surface area (Å²) in [6.45, 7) is 11.9. The maximum atomic E-state index is 11.9. The van der Waals surface area contributed by atoms with Crippen LogP contribution in [0.5, 0.6) is 0 Å². The zero-order valence-electron chi connectivity index (χ0n) is 13.3. The smallest absolute Gasteiger partial charge is 0.311 e. The molecule has 0 bridgehead atoms. The molecule has 0 radical (unpaired) electrons. The average molecular weight is 274 g/mol. The number of rotatable bonds is 9. The quantitative estimate of drug-likeness (QED) is 0.657. The van der Waals surface area contributed by atoms with Crippen molar-refractivity contribution in [3.05, 3.63) is 0 Å². The predicted molar refractivity (Wildman–Crippen MR) is 76.0 cm³/mol. The highest BCUT2D eigenvalue weighted by Gasteiger charge is 2.28. The van der Waals surface area contributed by atoms with Crippen molar-refractivity contribution < 1.29 is 19.4 Å². The van der Waals surface area contributed by atoms with Crippen molar-refractivity contribution in [3.63, 3.8) is 0 Å². The summed E-state index contributed by atoms with van der Waals surface area (Å²) in [5.74, 6) is -0.174. The molecule has 0 aliphatic carbocycles. The van der Waals surface area contributed by atoms with Gasteiger partial charge in [-0.15, -0.1) is 0 Å². The molecule has 0 spiro atoms. The van der Waals surface area contributed by atoms with Gasteiger partial charge in [0, 0.05) is 6.61 Å². The van der Waals surface area contributed by atoms with Crippen LogP contribution < -0.4 is 0 Å². The lowest BCUT2D eigenvalue weighted by Crippen LogP contribution is -2.30. The molecule has 0 fully saturated rings. The zero-order chi connectivity index (χ0) is 15.1. The van der Waals surface area contributed by atoms with Crippen molar-refractivity contribution in [3.8, 4) is 0 Å². The first-order chi connectivity index (χ1) is 8.58. The van der Waals surface area contributed by atoms with Gasteiger partial charge in [0.25, 0.3) is 0 Å². The minimum atomic E-state index is -0.723. The van der Waals surface area contributed by atoms with Gasteiger partial charge in [-0.3, -0.25) is 4.79 Å². The minimum absolute atomic E-state index is 0.149. The van der Waals surface area contributed by atoms with Crippen LogP contribution in [-0.2, 0) is 14.3 Å². The summed E-state index contributed by atoms with van der Waals surface area (Å²) < 4.78 is 10.8. The van der Waals surface area contributed by atoms with Crippen LogP contribution in [0.3, 0.4) is 0 Å². The van der Waals surface area contributed by atoms with E-state index < -0.39 is 11.0 Å². The van der Waals surface area contributed by atoms with Crippen LogP contribution in [0, 0.1) is 5.41 Å². The van der Waals surface area contributed by atoms with E-state index in [1.807, 2.05) is 20.8 Å². The summed E-state index contributed by atoms with van der Waals surface area (Å²) in [5, 5.41) is 9.55. The number of esters is 1. The van der Waals surface area contributed by atoms with Crippen molar-refractivity contribution in [2.75, 3.05) is 13.2 Å². The summed E-state index contributed by atoms with van der Waals surface area (Å²) in [6.07, 6.45) is 2.19. The Morgan fingerprint density at radius 2 is 1.79 bits per heavy atom. The third kappa shape index (κ3) is 9.00. The highest BCUT2D eigenvalue weighted by Crippen LogP contribution is 2.24. The monoisotopic (exact) mass is 274 g/mol. The molecule has 1 N–H and O–H groups in total. The van der Waals surface area contributed by atoms with Crippen LogP contribution in [0.1, 0.15) is 60.8 Å². The molecule has 19 heavy (non-hydrogen) atoms. The van der Waals surface area contributed by atoms with Crippen LogP contribution in [0.2, 0.25) is 0 Å². The average Bonchev–Trinajstić information content (AvgIpc) is 2.23. The van der Waals surface area contributed by atoms with E-state index >= 15 is 0 Å².